The zero-order chi connectivity index (χ0) is 13.3. The van der Waals surface area contributed by atoms with Crippen LogP contribution in [0, 0.1) is 20.8 Å². The molecule has 0 saturated heterocycles. The first-order chi connectivity index (χ1) is 8.49. The molecule has 2 rings (SSSR count). The topological polar surface area (TPSA) is 72.9 Å². The number of anilines is 2. The number of hydrogen-bond donors (Lipinski definition) is 2. The summed E-state index contributed by atoms with van der Waals surface area (Å²) < 4.78 is 1.02. The van der Waals surface area contributed by atoms with E-state index in [0.29, 0.717) is 11.5 Å². The lowest BCUT2D eigenvalue weighted by molar-refractivity contribution is 0.886. The molecule has 0 aliphatic carbocycles. The highest BCUT2D eigenvalue weighted by Gasteiger charge is 2.06. The van der Waals surface area contributed by atoms with Gasteiger partial charge < -0.3 is 11.2 Å². The number of benzene rings is 1. The number of hydrogen-bond acceptors (Lipinski definition) is 4. The lowest BCUT2D eigenvalue weighted by Gasteiger charge is -2.12. The van der Waals surface area contributed by atoms with Crippen LogP contribution in [-0.2, 0) is 0 Å². The molecule has 18 heavy (non-hydrogen) atoms. The van der Waals surface area contributed by atoms with Gasteiger partial charge in [0.05, 0.1) is 0 Å². The highest BCUT2D eigenvalue weighted by Crippen LogP contribution is 2.19. The third-order valence-corrected chi connectivity index (χ3v) is 2.80. The molecule has 0 atom stereocenters. The van der Waals surface area contributed by atoms with Gasteiger partial charge in [-0.15, -0.1) is 0 Å². The Morgan fingerprint density at radius 3 is 2.67 bits per heavy atom. The second kappa shape index (κ2) is 4.52. The van der Waals surface area contributed by atoms with Crippen LogP contribution in [0.1, 0.15) is 16.7 Å². The second-order valence-corrected chi connectivity index (χ2v) is 4.38. The molecule has 94 valence electrons. The monoisotopic (exact) mass is 244 g/mol. The van der Waals surface area contributed by atoms with Gasteiger partial charge in [0.25, 0.3) is 5.56 Å². The van der Waals surface area contributed by atoms with E-state index < -0.39 is 0 Å². The van der Waals surface area contributed by atoms with Crippen LogP contribution in [-0.4, -0.2) is 9.66 Å². The summed E-state index contributed by atoms with van der Waals surface area (Å²) in [6.45, 7) is 5.66. The minimum atomic E-state index is -0.252. The summed E-state index contributed by atoms with van der Waals surface area (Å²) in [4.78, 5) is 15.8. The van der Waals surface area contributed by atoms with Gasteiger partial charge in [0.2, 0.25) is 5.95 Å². The predicted molar refractivity (Wildman–Crippen MR) is 72.6 cm³/mol. The minimum Gasteiger partial charge on any atom is -0.333 e. The van der Waals surface area contributed by atoms with Gasteiger partial charge in [0.15, 0.2) is 0 Å². The molecular weight excluding hydrogens is 228 g/mol. The Labute approximate surface area is 105 Å². The van der Waals surface area contributed by atoms with Gasteiger partial charge in [-0.1, -0.05) is 12.1 Å². The van der Waals surface area contributed by atoms with Crippen LogP contribution in [0.3, 0.4) is 0 Å². The molecule has 0 radical (unpaired) electrons. The number of nitrogens with two attached hydrogens (primary N) is 1. The van der Waals surface area contributed by atoms with Gasteiger partial charge in [-0.2, -0.15) is 4.68 Å². The fourth-order valence-electron chi connectivity index (χ4n) is 1.65. The summed E-state index contributed by atoms with van der Waals surface area (Å²) in [5.74, 6) is 6.03. The number of aryl methyl sites for hydroxylation is 3. The van der Waals surface area contributed by atoms with E-state index >= 15 is 0 Å². The molecule has 1 heterocycles. The predicted octanol–water partition coefficient (Wildman–Crippen LogP) is 1.63. The molecule has 0 fully saturated rings. The van der Waals surface area contributed by atoms with E-state index in [1.807, 2.05) is 32.0 Å². The Morgan fingerprint density at radius 2 is 1.94 bits per heavy atom. The van der Waals surface area contributed by atoms with Crippen molar-refractivity contribution in [1.29, 1.82) is 0 Å². The van der Waals surface area contributed by atoms with Crippen LogP contribution in [0.2, 0.25) is 0 Å². The van der Waals surface area contributed by atoms with E-state index in [9.17, 15) is 4.79 Å². The minimum absolute atomic E-state index is 0.252. The number of rotatable bonds is 2. The van der Waals surface area contributed by atoms with Crippen molar-refractivity contribution in [2.75, 3.05) is 11.2 Å². The molecule has 0 aliphatic heterocycles. The van der Waals surface area contributed by atoms with Crippen molar-refractivity contribution in [2.24, 2.45) is 0 Å². The molecule has 0 saturated carbocycles. The number of aromatic nitrogens is 2. The fourth-order valence-corrected chi connectivity index (χ4v) is 1.65. The second-order valence-electron chi connectivity index (χ2n) is 4.38. The summed E-state index contributed by atoms with van der Waals surface area (Å²) >= 11 is 0. The summed E-state index contributed by atoms with van der Waals surface area (Å²) in [6.07, 6.45) is 1.51. The molecule has 0 amide bonds. The van der Waals surface area contributed by atoms with Crippen LogP contribution in [0.25, 0.3) is 0 Å². The molecular formula is C13H16N4O. The van der Waals surface area contributed by atoms with Crippen molar-refractivity contribution in [1.82, 2.24) is 9.66 Å². The van der Waals surface area contributed by atoms with Crippen molar-refractivity contribution in [3.05, 3.63) is 51.4 Å². The summed E-state index contributed by atoms with van der Waals surface area (Å²) in [5.41, 5.74) is 3.35. The molecule has 2 aromatic rings. The average molecular weight is 244 g/mol. The highest BCUT2D eigenvalue weighted by atomic mass is 16.1. The molecule has 5 nitrogen and oxygen atoms in total. The maximum absolute atomic E-state index is 11.7. The largest absolute Gasteiger partial charge is 0.333 e. The Bertz CT molecular complexity index is 646. The van der Waals surface area contributed by atoms with Gasteiger partial charge in [-0.25, -0.2) is 4.98 Å². The van der Waals surface area contributed by atoms with E-state index in [-0.39, 0.29) is 5.56 Å². The zero-order valence-corrected chi connectivity index (χ0v) is 10.7. The number of nitrogens with zero attached hydrogens (tertiary/aromatic N) is 2. The van der Waals surface area contributed by atoms with Crippen molar-refractivity contribution in [3.63, 3.8) is 0 Å². The zero-order valence-electron chi connectivity index (χ0n) is 10.7. The van der Waals surface area contributed by atoms with E-state index in [1.54, 1.807) is 6.92 Å². The Balaban J connectivity index is 2.43. The Morgan fingerprint density at radius 1 is 1.22 bits per heavy atom. The Hall–Kier alpha value is -2.30. The number of nitrogens with one attached hydrogen (secondary N) is 1. The van der Waals surface area contributed by atoms with Crippen LogP contribution >= 0.6 is 0 Å². The van der Waals surface area contributed by atoms with Crippen molar-refractivity contribution < 1.29 is 0 Å². The average Bonchev–Trinajstić information content (AvgIpc) is 2.34. The van der Waals surface area contributed by atoms with Gasteiger partial charge in [0.1, 0.15) is 0 Å². The van der Waals surface area contributed by atoms with E-state index in [1.165, 1.54) is 6.20 Å². The van der Waals surface area contributed by atoms with Gasteiger partial charge in [-0.3, -0.25) is 4.79 Å². The molecule has 1 aromatic carbocycles. The van der Waals surface area contributed by atoms with Crippen molar-refractivity contribution >= 4 is 11.6 Å². The normalized spacial score (nSPS) is 10.4. The highest BCUT2D eigenvalue weighted by molar-refractivity contribution is 5.59. The van der Waals surface area contributed by atoms with Gasteiger partial charge >= 0.3 is 0 Å². The Kier molecular flexibility index (Phi) is 3.06. The van der Waals surface area contributed by atoms with E-state index in [4.69, 9.17) is 5.84 Å². The van der Waals surface area contributed by atoms with Crippen LogP contribution in [0.15, 0.2) is 29.2 Å². The third kappa shape index (κ3) is 2.20. The summed E-state index contributed by atoms with van der Waals surface area (Å²) in [6, 6.07) is 6.02. The van der Waals surface area contributed by atoms with Gasteiger partial charge in [0, 0.05) is 17.4 Å². The first kappa shape index (κ1) is 12.2. The molecule has 0 bridgehead atoms. The first-order valence-corrected chi connectivity index (χ1v) is 5.67. The van der Waals surface area contributed by atoms with Crippen LogP contribution < -0.4 is 16.7 Å². The standard InChI is InChI=1S/C13H16N4O/c1-8-4-5-9(2)11(6-8)16-13-15-7-10(3)12(18)17(13)14/h4-7H,14H2,1-3H3,(H,15,16). The lowest BCUT2D eigenvalue weighted by atomic mass is 10.1. The first-order valence-electron chi connectivity index (χ1n) is 5.67. The lowest BCUT2D eigenvalue weighted by Crippen LogP contribution is -2.31. The molecule has 3 N–H and O–H groups in total. The maximum Gasteiger partial charge on any atom is 0.276 e. The SMILES string of the molecule is Cc1ccc(C)c(Nc2ncc(C)c(=O)n2N)c1. The van der Waals surface area contributed by atoms with E-state index in [2.05, 4.69) is 10.3 Å². The van der Waals surface area contributed by atoms with Crippen LogP contribution in [0.5, 0.6) is 0 Å². The summed E-state index contributed by atoms with van der Waals surface area (Å²) in [5, 5.41) is 3.08. The third-order valence-electron chi connectivity index (χ3n) is 2.80. The molecule has 1 aromatic heterocycles. The quantitative estimate of drug-likeness (QED) is 0.787. The molecule has 5 heteroatoms. The van der Waals surface area contributed by atoms with Crippen molar-refractivity contribution in [3.8, 4) is 0 Å². The van der Waals surface area contributed by atoms with E-state index in [0.717, 1.165) is 21.5 Å². The van der Waals surface area contributed by atoms with Crippen LogP contribution in [0.4, 0.5) is 11.6 Å². The van der Waals surface area contributed by atoms with Crippen molar-refractivity contribution in [2.45, 2.75) is 20.8 Å². The summed E-state index contributed by atoms with van der Waals surface area (Å²) in [7, 11) is 0. The fraction of sp³-hybridized carbons (Fsp3) is 0.231. The maximum atomic E-state index is 11.7. The molecule has 0 unspecified atom stereocenters. The molecule has 0 aliphatic rings. The molecule has 0 spiro atoms. The smallest absolute Gasteiger partial charge is 0.276 e. The van der Waals surface area contributed by atoms with Gasteiger partial charge in [-0.05, 0) is 38.0 Å². The number of nitrogen functional groups attached to an aromatic ring is 1.